The summed E-state index contributed by atoms with van der Waals surface area (Å²) in [6.45, 7) is 15.5. The molecule has 0 aromatic rings. The van der Waals surface area contributed by atoms with Crippen molar-refractivity contribution in [3.05, 3.63) is 11.6 Å². The molecule has 3 saturated carbocycles. The fourth-order valence-electron chi connectivity index (χ4n) is 17.3. The fraction of sp³-hybridized carbons (Fsp3) is 0.954. The number of rotatable bonds is 27. The van der Waals surface area contributed by atoms with Crippen LogP contribution < -0.4 is 5.32 Å². The number of aliphatic hydroxyl groups is 7. The Bertz CT molecular complexity index is 2040. The van der Waals surface area contributed by atoms with Gasteiger partial charge in [-0.25, -0.2) is 0 Å². The summed E-state index contributed by atoms with van der Waals surface area (Å²) >= 11 is 0. The van der Waals surface area contributed by atoms with Gasteiger partial charge in [-0.15, -0.1) is 0 Å². The number of unbranched alkanes of at least 4 members (excludes halogenated alkanes) is 14. The maximum atomic E-state index is 12.6. The van der Waals surface area contributed by atoms with Crippen LogP contribution in [-0.2, 0) is 47.4 Å². The van der Waals surface area contributed by atoms with E-state index in [4.69, 9.17) is 42.6 Å². The summed E-state index contributed by atoms with van der Waals surface area (Å²) in [4.78, 5) is 12.6. The summed E-state index contributed by atoms with van der Waals surface area (Å²) in [5.41, 5.74) is 1.50. The molecule has 5 saturated heterocycles. The molecule has 8 N–H and O–H groups in total. The molecule has 0 aromatic heterocycles. The summed E-state index contributed by atoms with van der Waals surface area (Å²) in [7, 11) is 0. The van der Waals surface area contributed by atoms with Gasteiger partial charge in [0.05, 0.1) is 44.2 Å². The molecule has 4 aliphatic carbocycles. The summed E-state index contributed by atoms with van der Waals surface area (Å²) in [6.07, 6.45) is 9.34. The normalized spacial score (nSPS) is 46.0. The third kappa shape index (κ3) is 14.6. The van der Waals surface area contributed by atoms with Crippen LogP contribution in [0.3, 0.4) is 0 Å². The molecule has 5 heterocycles. The Morgan fingerprint density at radius 3 is 1.95 bits per heavy atom. The van der Waals surface area contributed by atoms with Crippen molar-refractivity contribution in [2.45, 2.75) is 319 Å². The van der Waals surface area contributed by atoms with Crippen LogP contribution in [0.25, 0.3) is 0 Å². The second kappa shape index (κ2) is 29.5. The lowest BCUT2D eigenvalue weighted by Gasteiger charge is -2.58. The first-order valence-corrected chi connectivity index (χ1v) is 33.4. The van der Waals surface area contributed by atoms with E-state index in [1.165, 1.54) is 89.5 Å². The van der Waals surface area contributed by atoms with Gasteiger partial charge in [-0.1, -0.05) is 136 Å². The van der Waals surface area contributed by atoms with Crippen molar-refractivity contribution in [1.29, 1.82) is 0 Å². The lowest BCUT2D eigenvalue weighted by atomic mass is 9.47. The molecule has 0 radical (unpaired) electrons. The minimum Gasteiger partial charge on any atom is -0.394 e. The number of allylic oxidation sites excluding steroid dienone is 1. The van der Waals surface area contributed by atoms with Crippen LogP contribution >= 0.6 is 0 Å². The van der Waals surface area contributed by atoms with Crippen molar-refractivity contribution in [2.24, 2.45) is 46.3 Å². The van der Waals surface area contributed by atoms with Gasteiger partial charge in [-0.3, -0.25) is 4.79 Å². The molecule has 26 atom stereocenters. The molecule has 478 valence electrons. The molecular formula is C65H111NO17. The molecule has 1 amide bonds. The number of carbonyl (C=O) groups is 1. The number of hydrogen-bond donors (Lipinski definition) is 8. The van der Waals surface area contributed by atoms with Crippen LogP contribution in [0.5, 0.6) is 0 Å². The molecule has 0 unspecified atom stereocenters. The van der Waals surface area contributed by atoms with Crippen molar-refractivity contribution in [2.75, 3.05) is 26.4 Å². The molecule has 83 heavy (non-hydrogen) atoms. The number of aliphatic hydroxyl groups excluding tert-OH is 7. The first kappa shape index (κ1) is 66.0. The van der Waals surface area contributed by atoms with Gasteiger partial charge in [0.1, 0.15) is 61.0 Å². The van der Waals surface area contributed by atoms with E-state index in [0.717, 1.165) is 70.8 Å². The first-order valence-electron chi connectivity index (χ1n) is 33.4. The zero-order valence-corrected chi connectivity index (χ0v) is 51.6. The van der Waals surface area contributed by atoms with Crippen molar-refractivity contribution < 1.29 is 83.2 Å². The maximum Gasteiger partial charge on any atom is 0.220 e. The Kier molecular flexibility index (Phi) is 23.4. The summed E-state index contributed by atoms with van der Waals surface area (Å²) in [5, 5.41) is 81.4. The molecule has 0 bridgehead atoms. The van der Waals surface area contributed by atoms with E-state index in [0.29, 0.717) is 54.8 Å². The molecule has 18 nitrogen and oxygen atoms in total. The van der Waals surface area contributed by atoms with Crippen LogP contribution in [0.15, 0.2) is 11.6 Å². The standard InChI is InChI=1S/C65H111NO17/c1-8-9-10-11-12-13-14-15-16-17-18-19-20-21-22-23-49(68)66-32-33-75-57-41(5)78-61(55(73)53(57)71)81-58-48(36-67)80-62(59(56(58)74)82-60-54(72)52(70)51(69)40(4)77-60)79-43-27-29-63(6)42(34-43)24-25-44-45(63)28-30-64(7)46(44)35-47-50(64)39(3)65(83-47)31-26-38(2)37-76-65/h24,38-41,43-48,50-62,67,69-74H,8-23,25-37H2,1-7H3,(H,66,68)/t38-,39+,40-,41-,43+,44-,45+,46+,47+,48-,50+,51-,52+,53-,54+,55+,56+,57-,58-,59-,60-,61-,62-,63+,64+,65-/m1/s1. The number of fused-ring (bicyclic) bond motifs is 7. The predicted octanol–water partition coefficient (Wildman–Crippen LogP) is 7.64. The highest BCUT2D eigenvalue weighted by atomic mass is 16.8. The molecule has 5 aliphatic heterocycles. The van der Waals surface area contributed by atoms with Crippen molar-refractivity contribution in [3.63, 3.8) is 0 Å². The molecule has 9 rings (SSSR count). The van der Waals surface area contributed by atoms with Crippen LogP contribution in [0.2, 0.25) is 0 Å². The van der Waals surface area contributed by atoms with Gasteiger partial charge >= 0.3 is 0 Å². The van der Waals surface area contributed by atoms with Crippen LogP contribution in [-0.4, -0.2) is 178 Å². The molecular weight excluding hydrogens is 1070 g/mol. The molecule has 0 aromatic carbocycles. The van der Waals surface area contributed by atoms with E-state index >= 15 is 0 Å². The first-order chi connectivity index (χ1) is 39.8. The van der Waals surface area contributed by atoms with Crippen LogP contribution in [0.4, 0.5) is 0 Å². The number of carbonyl (C=O) groups excluding carboxylic acids is 1. The Balaban J connectivity index is 0.758. The monoisotopic (exact) mass is 1180 g/mol. The second-order valence-corrected chi connectivity index (χ2v) is 28.0. The molecule has 1 spiro atoms. The predicted molar refractivity (Wildman–Crippen MR) is 309 cm³/mol. The zero-order chi connectivity index (χ0) is 59.2. The molecule has 9 aliphatic rings. The number of amides is 1. The summed E-state index contributed by atoms with van der Waals surface area (Å²) in [5.74, 6) is 2.50. The second-order valence-electron chi connectivity index (χ2n) is 28.0. The summed E-state index contributed by atoms with van der Waals surface area (Å²) in [6, 6.07) is 0. The van der Waals surface area contributed by atoms with E-state index in [-0.39, 0.29) is 42.1 Å². The Morgan fingerprint density at radius 2 is 1.30 bits per heavy atom. The Labute approximate surface area is 496 Å². The van der Waals surface area contributed by atoms with Gasteiger partial charge in [0.25, 0.3) is 0 Å². The van der Waals surface area contributed by atoms with Gasteiger partial charge in [0.2, 0.25) is 5.91 Å². The largest absolute Gasteiger partial charge is 0.394 e. The van der Waals surface area contributed by atoms with E-state index in [9.17, 15) is 40.5 Å². The van der Waals surface area contributed by atoms with E-state index in [1.54, 1.807) is 6.92 Å². The number of nitrogens with one attached hydrogen (secondary N) is 1. The highest BCUT2D eigenvalue weighted by Crippen LogP contribution is 2.71. The van der Waals surface area contributed by atoms with E-state index in [1.807, 2.05) is 0 Å². The van der Waals surface area contributed by atoms with Gasteiger partial charge in [0.15, 0.2) is 24.7 Å². The van der Waals surface area contributed by atoms with Crippen LogP contribution in [0.1, 0.15) is 209 Å². The molecule has 18 heteroatoms. The average Bonchev–Trinajstić information content (AvgIpc) is 3.36. The average molecular weight is 1180 g/mol. The topological polar surface area (TPSA) is 254 Å². The summed E-state index contributed by atoms with van der Waals surface area (Å²) < 4.78 is 57.4. The quantitative estimate of drug-likeness (QED) is 0.0290. The maximum absolute atomic E-state index is 12.6. The van der Waals surface area contributed by atoms with Gasteiger partial charge in [-0.05, 0) is 112 Å². The SMILES string of the molecule is CCCCCCCCCCCCCCCCCC(=O)NCCO[C@H]1[C@H](O)[C@H](O)[C@@H](O[C@H]2[C@H](O)[C@@H](O[C@H]3O[C@H](C)[C@@H](O)[C@H](O)[C@@H]3O)[C@H](O[C@H]3CC[C@@]4(C)C(=CC[C@H]5[C@@H]6C[C@@H]7O[C@]8(CC[C@@H](C)CO8)[C@@H](C)[C@@H]7[C@@]6(C)CC[C@@H]54)C3)O[C@@H]2CO)O[C@@H]1C. The van der Waals surface area contributed by atoms with Gasteiger partial charge in [0, 0.05) is 25.3 Å². The minimum atomic E-state index is -1.72. The lowest BCUT2D eigenvalue weighted by Crippen LogP contribution is -2.66. The van der Waals surface area contributed by atoms with Gasteiger partial charge in [-0.2, -0.15) is 0 Å². The Morgan fingerprint density at radius 1 is 0.663 bits per heavy atom. The van der Waals surface area contributed by atoms with Crippen molar-refractivity contribution in [3.8, 4) is 0 Å². The third-order valence-electron chi connectivity index (χ3n) is 22.4. The lowest BCUT2D eigenvalue weighted by molar-refractivity contribution is -0.389. The fourth-order valence-corrected chi connectivity index (χ4v) is 17.3. The Hall–Kier alpha value is -1.43. The van der Waals surface area contributed by atoms with E-state index < -0.39 is 105 Å². The highest BCUT2D eigenvalue weighted by molar-refractivity contribution is 5.75. The van der Waals surface area contributed by atoms with Gasteiger partial charge < -0.3 is 83.7 Å². The zero-order valence-electron chi connectivity index (χ0n) is 51.6. The van der Waals surface area contributed by atoms with Crippen LogP contribution in [0, 0.1) is 46.3 Å². The number of hydrogen-bond acceptors (Lipinski definition) is 17. The van der Waals surface area contributed by atoms with Crippen molar-refractivity contribution in [1.82, 2.24) is 5.32 Å². The molecule has 8 fully saturated rings. The smallest absolute Gasteiger partial charge is 0.220 e. The van der Waals surface area contributed by atoms with Crippen molar-refractivity contribution >= 4 is 5.91 Å². The third-order valence-corrected chi connectivity index (χ3v) is 22.4. The van der Waals surface area contributed by atoms with E-state index in [2.05, 4.69) is 46.0 Å². The number of ether oxygens (including phenoxy) is 9. The highest BCUT2D eigenvalue weighted by Gasteiger charge is 2.69. The minimum absolute atomic E-state index is 0.0335.